The normalized spacial score (nSPS) is 18.3. The Morgan fingerprint density at radius 3 is 2.00 bits per heavy atom. The number of hydrogen-bond donors (Lipinski definition) is 7. The maximum Gasteiger partial charge on any atom is 0.251 e. The van der Waals surface area contributed by atoms with Gasteiger partial charge in [0.05, 0.1) is 6.61 Å². The molecule has 0 aliphatic carbocycles. The molecule has 0 spiro atoms. The highest BCUT2D eigenvalue weighted by atomic mass is 16.4. The van der Waals surface area contributed by atoms with Crippen LogP contribution in [0.1, 0.15) is 0 Å². The van der Waals surface area contributed by atoms with Crippen LogP contribution in [-0.4, -0.2) is 69.5 Å². The molecule has 0 heterocycles. The summed E-state index contributed by atoms with van der Waals surface area (Å²) in [5.74, 6) is -0.887. The molecule has 0 bridgehead atoms. The SMILES string of the molecule is CNC(=O)C(O)C(O)C(O)C(O)CO.N. The molecular formula is C7H18N2O6. The van der Waals surface area contributed by atoms with Gasteiger partial charge in [0, 0.05) is 7.05 Å². The van der Waals surface area contributed by atoms with Gasteiger partial charge >= 0.3 is 0 Å². The first-order valence-electron chi connectivity index (χ1n) is 4.00. The molecule has 0 rings (SSSR count). The van der Waals surface area contributed by atoms with Crippen molar-refractivity contribution in [1.82, 2.24) is 11.5 Å². The van der Waals surface area contributed by atoms with Gasteiger partial charge in [-0.2, -0.15) is 0 Å². The highest BCUT2D eigenvalue weighted by Crippen LogP contribution is 2.04. The second kappa shape index (κ2) is 7.51. The number of carbonyl (C=O) groups is 1. The van der Waals surface area contributed by atoms with Gasteiger partial charge in [0.2, 0.25) is 0 Å². The standard InChI is InChI=1S/C7H15NO6.H3N/c1-8-7(14)6(13)5(12)4(11)3(10)2-9;/h3-6,9-13H,2H2,1H3,(H,8,14);1H3. The van der Waals surface area contributed by atoms with Gasteiger partial charge in [-0.25, -0.2) is 0 Å². The number of carbonyl (C=O) groups excluding carboxylic acids is 1. The van der Waals surface area contributed by atoms with Crippen LogP contribution in [0.5, 0.6) is 0 Å². The van der Waals surface area contributed by atoms with Crippen molar-refractivity contribution in [2.24, 2.45) is 0 Å². The molecule has 0 aromatic carbocycles. The molecule has 9 N–H and O–H groups in total. The van der Waals surface area contributed by atoms with Crippen LogP contribution in [0.25, 0.3) is 0 Å². The largest absolute Gasteiger partial charge is 0.394 e. The lowest BCUT2D eigenvalue weighted by Crippen LogP contribution is -2.51. The van der Waals surface area contributed by atoms with E-state index in [1.807, 2.05) is 0 Å². The molecule has 0 aliphatic rings. The minimum absolute atomic E-state index is 0. The molecule has 8 heteroatoms. The molecule has 0 aromatic heterocycles. The molecule has 92 valence electrons. The van der Waals surface area contributed by atoms with Gasteiger partial charge in [-0.1, -0.05) is 0 Å². The summed E-state index contributed by atoms with van der Waals surface area (Å²) in [7, 11) is 1.24. The predicted molar refractivity (Wildman–Crippen MR) is 50.2 cm³/mol. The second-order valence-corrected chi connectivity index (χ2v) is 2.79. The molecule has 0 fully saturated rings. The maximum atomic E-state index is 10.8. The molecule has 8 nitrogen and oxygen atoms in total. The summed E-state index contributed by atoms with van der Waals surface area (Å²) in [6, 6.07) is 0. The van der Waals surface area contributed by atoms with Gasteiger partial charge in [0.1, 0.15) is 18.3 Å². The van der Waals surface area contributed by atoms with Crippen LogP contribution in [0.15, 0.2) is 0 Å². The first-order chi connectivity index (χ1) is 6.45. The van der Waals surface area contributed by atoms with Gasteiger partial charge < -0.3 is 37.0 Å². The van der Waals surface area contributed by atoms with Crippen LogP contribution in [0.3, 0.4) is 0 Å². The summed E-state index contributed by atoms with van der Waals surface area (Å²) in [6.45, 7) is -0.779. The first kappa shape index (κ1) is 16.7. The summed E-state index contributed by atoms with van der Waals surface area (Å²) in [5.41, 5.74) is 0. The van der Waals surface area contributed by atoms with E-state index in [1.165, 1.54) is 7.05 Å². The van der Waals surface area contributed by atoms with Crippen LogP contribution >= 0.6 is 0 Å². The van der Waals surface area contributed by atoms with Crippen molar-refractivity contribution in [3.8, 4) is 0 Å². The van der Waals surface area contributed by atoms with Gasteiger partial charge in [-0.15, -0.1) is 0 Å². The Morgan fingerprint density at radius 2 is 1.67 bits per heavy atom. The van der Waals surface area contributed by atoms with E-state index in [9.17, 15) is 4.79 Å². The minimum atomic E-state index is -1.85. The number of aliphatic hydroxyl groups is 5. The number of nitrogens with one attached hydrogen (secondary N) is 1. The lowest BCUT2D eigenvalue weighted by Gasteiger charge is -2.24. The number of hydrogen-bond acceptors (Lipinski definition) is 7. The highest BCUT2D eigenvalue weighted by Gasteiger charge is 2.33. The highest BCUT2D eigenvalue weighted by molar-refractivity contribution is 5.80. The predicted octanol–water partition coefficient (Wildman–Crippen LogP) is -3.67. The van der Waals surface area contributed by atoms with Crippen LogP contribution in [0.2, 0.25) is 0 Å². The molecule has 4 unspecified atom stereocenters. The van der Waals surface area contributed by atoms with E-state index in [0.717, 1.165) is 0 Å². The summed E-state index contributed by atoms with van der Waals surface area (Å²) in [4.78, 5) is 10.8. The summed E-state index contributed by atoms with van der Waals surface area (Å²) < 4.78 is 0. The fourth-order valence-corrected chi connectivity index (χ4v) is 0.825. The van der Waals surface area contributed by atoms with Crippen molar-refractivity contribution in [3.63, 3.8) is 0 Å². The molecule has 0 radical (unpaired) electrons. The zero-order valence-corrected chi connectivity index (χ0v) is 8.37. The first-order valence-corrected chi connectivity index (χ1v) is 4.00. The molecule has 0 aromatic rings. The van der Waals surface area contributed by atoms with E-state index in [4.69, 9.17) is 25.5 Å². The third-order valence-electron chi connectivity index (χ3n) is 1.77. The molecule has 0 aliphatic heterocycles. The molecule has 0 saturated carbocycles. The van der Waals surface area contributed by atoms with E-state index in [2.05, 4.69) is 5.32 Å². The van der Waals surface area contributed by atoms with E-state index in [0.29, 0.717) is 0 Å². The number of rotatable bonds is 5. The molecule has 0 saturated heterocycles. The van der Waals surface area contributed by atoms with Gasteiger partial charge in [-0.3, -0.25) is 4.79 Å². The molecule has 1 amide bonds. The van der Waals surface area contributed by atoms with Gasteiger partial charge in [-0.05, 0) is 0 Å². The Balaban J connectivity index is 0. The van der Waals surface area contributed by atoms with Crippen LogP contribution in [-0.2, 0) is 4.79 Å². The zero-order chi connectivity index (χ0) is 11.3. The van der Waals surface area contributed by atoms with Crippen LogP contribution in [0, 0.1) is 0 Å². The Bertz CT molecular complexity index is 190. The van der Waals surface area contributed by atoms with E-state index < -0.39 is 36.9 Å². The fraction of sp³-hybridized carbons (Fsp3) is 0.857. The average molecular weight is 226 g/mol. The van der Waals surface area contributed by atoms with Crippen LogP contribution in [0.4, 0.5) is 0 Å². The fourth-order valence-electron chi connectivity index (χ4n) is 0.825. The summed E-state index contributed by atoms with van der Waals surface area (Å²) in [6.07, 6.45) is -7.09. The van der Waals surface area contributed by atoms with E-state index in [1.54, 1.807) is 0 Å². The Labute approximate surface area is 86.7 Å². The lowest BCUT2D eigenvalue weighted by molar-refractivity contribution is -0.148. The summed E-state index contributed by atoms with van der Waals surface area (Å²) in [5, 5.41) is 46.7. The van der Waals surface area contributed by atoms with Gasteiger partial charge in [0.25, 0.3) is 5.91 Å². The van der Waals surface area contributed by atoms with Gasteiger partial charge in [0.15, 0.2) is 6.10 Å². The average Bonchev–Trinajstić information content (AvgIpc) is 2.23. The Hall–Kier alpha value is -0.770. The van der Waals surface area contributed by atoms with Crippen molar-refractivity contribution >= 4 is 5.91 Å². The molecular weight excluding hydrogens is 208 g/mol. The second-order valence-electron chi connectivity index (χ2n) is 2.79. The molecule has 15 heavy (non-hydrogen) atoms. The zero-order valence-electron chi connectivity index (χ0n) is 8.37. The van der Waals surface area contributed by atoms with E-state index >= 15 is 0 Å². The number of likely N-dealkylation sites (N-methyl/N-ethyl adjacent to an activating group) is 1. The van der Waals surface area contributed by atoms with Crippen molar-refractivity contribution in [1.29, 1.82) is 0 Å². The third-order valence-corrected chi connectivity index (χ3v) is 1.77. The lowest BCUT2D eigenvalue weighted by atomic mass is 10.0. The maximum absolute atomic E-state index is 10.8. The smallest absolute Gasteiger partial charge is 0.251 e. The third kappa shape index (κ3) is 4.51. The Morgan fingerprint density at radius 1 is 1.20 bits per heavy atom. The van der Waals surface area contributed by atoms with E-state index in [-0.39, 0.29) is 6.15 Å². The Kier molecular flexibility index (Phi) is 8.34. The van der Waals surface area contributed by atoms with Crippen molar-refractivity contribution in [3.05, 3.63) is 0 Å². The van der Waals surface area contributed by atoms with Crippen molar-refractivity contribution in [2.75, 3.05) is 13.7 Å². The topological polar surface area (TPSA) is 165 Å². The number of amides is 1. The summed E-state index contributed by atoms with van der Waals surface area (Å²) >= 11 is 0. The number of aliphatic hydroxyl groups excluding tert-OH is 5. The monoisotopic (exact) mass is 226 g/mol. The molecule has 4 atom stereocenters. The quantitative estimate of drug-likeness (QED) is 0.253. The van der Waals surface area contributed by atoms with Crippen molar-refractivity contribution in [2.45, 2.75) is 24.4 Å². The van der Waals surface area contributed by atoms with Crippen molar-refractivity contribution < 1.29 is 30.3 Å². The minimum Gasteiger partial charge on any atom is -0.394 e. The van der Waals surface area contributed by atoms with Crippen LogP contribution < -0.4 is 11.5 Å².